The van der Waals surface area contributed by atoms with Gasteiger partial charge in [-0.15, -0.1) is 0 Å². The van der Waals surface area contributed by atoms with Crippen molar-refractivity contribution in [3.8, 4) is 0 Å². The quantitative estimate of drug-likeness (QED) is 0.117. The van der Waals surface area contributed by atoms with Gasteiger partial charge in [0.2, 0.25) is 0 Å². The number of amides is 4. The highest BCUT2D eigenvalue weighted by Gasteiger charge is 2.54. The average molecular weight is 885 g/mol. The predicted octanol–water partition coefficient (Wildman–Crippen LogP) is -1.03. The molecule has 0 aromatic rings. The standard InChI is InChI=1S/C38H68N4O19/c1-35(2,3)58-31(50)39-14-18-22(45)24(47)25(48)30(54-18)57-28-17(41-33(52)60-37(7,8)9)13-16(40-32(51)59-36(4,5)6)27(26(28)49)56-29-23(46)20(21(44)19(15-43)55-29)42-34(53)61-38(10,11)12/h16-30,43-49H,13-15H2,1-12H3,(H,39,50)(H,40,51)(H,41,52)(H,42,53)/t16-,17?,18?,19-,20?,21?,22-,23-,24?,25?,26?,27?,28-,29?,30-/m1/s1. The fourth-order valence-corrected chi connectivity index (χ4v) is 6.57. The van der Waals surface area contributed by atoms with Crippen LogP contribution in [0.15, 0.2) is 0 Å². The second-order valence-corrected chi connectivity index (χ2v) is 19.2. The number of rotatable bonds is 10. The van der Waals surface area contributed by atoms with Crippen LogP contribution in [0, 0.1) is 0 Å². The van der Waals surface area contributed by atoms with E-state index in [1.807, 2.05) is 0 Å². The Labute approximate surface area is 355 Å². The van der Waals surface area contributed by atoms with Gasteiger partial charge in [0, 0.05) is 6.54 Å². The molecule has 0 aromatic heterocycles. The largest absolute Gasteiger partial charge is 0.444 e. The molecular formula is C38H68N4O19. The van der Waals surface area contributed by atoms with Crippen LogP contribution < -0.4 is 21.3 Å². The maximum atomic E-state index is 13.2. The summed E-state index contributed by atoms with van der Waals surface area (Å²) in [6.07, 6.45) is -25.7. The second-order valence-electron chi connectivity index (χ2n) is 19.2. The normalized spacial score (nSPS) is 35.0. The molecule has 61 heavy (non-hydrogen) atoms. The maximum absolute atomic E-state index is 13.2. The average Bonchev–Trinajstić information content (AvgIpc) is 3.07. The van der Waals surface area contributed by atoms with Crippen molar-refractivity contribution in [1.29, 1.82) is 0 Å². The predicted molar refractivity (Wildman–Crippen MR) is 209 cm³/mol. The van der Waals surface area contributed by atoms with E-state index in [9.17, 15) is 54.9 Å². The highest BCUT2D eigenvalue weighted by molar-refractivity contribution is 5.70. The Morgan fingerprint density at radius 3 is 1.33 bits per heavy atom. The molecule has 4 amide bonds. The van der Waals surface area contributed by atoms with E-state index in [0.29, 0.717) is 0 Å². The summed E-state index contributed by atoms with van der Waals surface area (Å²) in [4.78, 5) is 51.6. The number of nitrogens with one attached hydrogen (secondary N) is 4. The number of aliphatic hydroxyl groups is 7. The van der Waals surface area contributed by atoms with Crippen LogP contribution in [0.2, 0.25) is 0 Å². The molecule has 2 saturated heterocycles. The van der Waals surface area contributed by atoms with Gasteiger partial charge >= 0.3 is 24.4 Å². The first-order chi connectivity index (χ1) is 27.8. The first-order valence-corrected chi connectivity index (χ1v) is 20.1. The summed E-state index contributed by atoms with van der Waals surface area (Å²) in [6, 6.07) is -4.26. The molecule has 2 heterocycles. The van der Waals surface area contributed by atoms with Gasteiger partial charge in [0.15, 0.2) is 12.6 Å². The lowest BCUT2D eigenvalue weighted by Gasteiger charge is -2.49. The molecule has 3 rings (SSSR count). The zero-order chi connectivity index (χ0) is 46.6. The van der Waals surface area contributed by atoms with Crippen molar-refractivity contribution >= 4 is 24.4 Å². The van der Waals surface area contributed by atoms with Gasteiger partial charge in [0.25, 0.3) is 0 Å². The molecule has 0 radical (unpaired) electrons. The molecule has 23 heteroatoms. The lowest BCUT2D eigenvalue weighted by Crippen LogP contribution is -2.70. The highest BCUT2D eigenvalue weighted by atomic mass is 16.7. The second kappa shape index (κ2) is 20.4. The number of hydrogen-bond acceptors (Lipinski definition) is 19. The summed E-state index contributed by atoms with van der Waals surface area (Å²) in [6.45, 7) is 17.9. The summed E-state index contributed by atoms with van der Waals surface area (Å²) in [5, 5.41) is 87.3. The van der Waals surface area contributed by atoms with Crippen molar-refractivity contribution in [2.45, 2.75) is 204 Å². The zero-order valence-electron chi connectivity index (χ0n) is 36.8. The van der Waals surface area contributed by atoms with E-state index >= 15 is 0 Å². The van der Waals surface area contributed by atoms with Crippen LogP contribution in [0.3, 0.4) is 0 Å². The Kier molecular flexibility index (Phi) is 17.4. The number of carbonyl (C=O) groups is 4. The van der Waals surface area contributed by atoms with E-state index in [-0.39, 0.29) is 6.42 Å². The van der Waals surface area contributed by atoms with Crippen LogP contribution >= 0.6 is 0 Å². The molecule has 0 aromatic carbocycles. The lowest BCUT2D eigenvalue weighted by atomic mass is 9.83. The minimum Gasteiger partial charge on any atom is -0.444 e. The molecule has 11 N–H and O–H groups in total. The third-order valence-corrected chi connectivity index (χ3v) is 9.04. The van der Waals surface area contributed by atoms with Gasteiger partial charge in [0.1, 0.15) is 83.4 Å². The molecule has 354 valence electrons. The molecule has 0 bridgehead atoms. The van der Waals surface area contributed by atoms with E-state index in [4.69, 9.17) is 37.9 Å². The Morgan fingerprint density at radius 1 is 0.508 bits per heavy atom. The number of hydrogen-bond donors (Lipinski definition) is 11. The smallest absolute Gasteiger partial charge is 0.408 e. The van der Waals surface area contributed by atoms with Crippen LogP contribution in [0.1, 0.15) is 89.5 Å². The van der Waals surface area contributed by atoms with Crippen LogP contribution in [0.5, 0.6) is 0 Å². The molecule has 15 atom stereocenters. The number of alkyl carbamates (subject to hydrolysis) is 4. The van der Waals surface area contributed by atoms with Gasteiger partial charge in [0.05, 0.1) is 24.7 Å². The van der Waals surface area contributed by atoms with Crippen LogP contribution in [0.4, 0.5) is 19.2 Å². The Balaban J connectivity index is 2.05. The van der Waals surface area contributed by atoms with Crippen LogP contribution in [0.25, 0.3) is 0 Å². The van der Waals surface area contributed by atoms with Gasteiger partial charge < -0.3 is 94.9 Å². The Hall–Kier alpha value is -3.36. The van der Waals surface area contributed by atoms with E-state index in [1.165, 1.54) is 0 Å². The SMILES string of the molecule is CC(C)(C)OC(=O)NCC1O[C@H](O[C@@H]2C(NC(=O)OC(C)(C)C)C[C@@H](NC(=O)OC(C)(C)C)C(OC3O[C@H](CO)C(O)C(NC(=O)OC(C)(C)C)[C@H]3O)C2O)C(O)C(O)[C@@H]1O. The third-order valence-electron chi connectivity index (χ3n) is 9.04. The van der Waals surface area contributed by atoms with Gasteiger partial charge in [-0.1, -0.05) is 0 Å². The van der Waals surface area contributed by atoms with Crippen molar-refractivity contribution in [2.75, 3.05) is 13.2 Å². The summed E-state index contributed by atoms with van der Waals surface area (Å²) >= 11 is 0. The van der Waals surface area contributed by atoms with Crippen LogP contribution in [-0.4, -0.2) is 187 Å². The van der Waals surface area contributed by atoms with E-state index in [0.717, 1.165) is 0 Å². The van der Waals surface area contributed by atoms with Gasteiger partial charge in [-0.05, 0) is 89.5 Å². The van der Waals surface area contributed by atoms with Crippen molar-refractivity contribution < 1.29 is 92.8 Å². The Bertz CT molecular complexity index is 1480. The van der Waals surface area contributed by atoms with Crippen molar-refractivity contribution in [1.82, 2.24) is 21.3 Å². The molecule has 1 aliphatic carbocycles. The molecule has 2 aliphatic heterocycles. The molecule has 9 unspecified atom stereocenters. The molecule has 1 saturated carbocycles. The zero-order valence-corrected chi connectivity index (χ0v) is 36.8. The highest BCUT2D eigenvalue weighted by Crippen LogP contribution is 2.34. The van der Waals surface area contributed by atoms with E-state index in [1.54, 1.807) is 83.1 Å². The molecule has 3 fully saturated rings. The lowest BCUT2D eigenvalue weighted by molar-refractivity contribution is -0.334. The monoisotopic (exact) mass is 884 g/mol. The third kappa shape index (κ3) is 15.7. The van der Waals surface area contributed by atoms with E-state index in [2.05, 4.69) is 21.3 Å². The molecule has 0 spiro atoms. The van der Waals surface area contributed by atoms with E-state index < -0.39 is 152 Å². The summed E-state index contributed by atoms with van der Waals surface area (Å²) in [5.74, 6) is 0. The minimum atomic E-state index is -2.00. The van der Waals surface area contributed by atoms with Crippen molar-refractivity contribution in [3.05, 3.63) is 0 Å². The summed E-state index contributed by atoms with van der Waals surface area (Å²) < 4.78 is 45.2. The maximum Gasteiger partial charge on any atom is 0.408 e. The number of aliphatic hydroxyl groups excluding tert-OH is 7. The Morgan fingerprint density at radius 2 is 0.902 bits per heavy atom. The molecular weight excluding hydrogens is 816 g/mol. The van der Waals surface area contributed by atoms with Crippen LogP contribution in [-0.2, 0) is 37.9 Å². The fourth-order valence-electron chi connectivity index (χ4n) is 6.57. The van der Waals surface area contributed by atoms with Gasteiger partial charge in [-0.25, -0.2) is 19.2 Å². The van der Waals surface area contributed by atoms with Gasteiger partial charge in [-0.3, -0.25) is 0 Å². The summed E-state index contributed by atoms with van der Waals surface area (Å²) in [7, 11) is 0. The number of ether oxygens (including phenoxy) is 8. The van der Waals surface area contributed by atoms with Crippen molar-refractivity contribution in [3.63, 3.8) is 0 Å². The first-order valence-electron chi connectivity index (χ1n) is 20.1. The first kappa shape index (κ1) is 52.0. The molecule has 23 nitrogen and oxygen atoms in total. The van der Waals surface area contributed by atoms with Crippen molar-refractivity contribution in [2.24, 2.45) is 0 Å². The minimum absolute atomic E-state index is 0.364. The summed E-state index contributed by atoms with van der Waals surface area (Å²) in [5.41, 5.74) is -3.90. The fraction of sp³-hybridized carbons (Fsp3) is 0.895. The molecule has 3 aliphatic rings. The topological polar surface area (TPSA) is 332 Å². The van der Waals surface area contributed by atoms with Gasteiger partial charge in [-0.2, -0.15) is 0 Å². The number of carbonyl (C=O) groups excluding carboxylic acids is 4.